The average Bonchev–Trinajstić information content (AvgIpc) is 3.14. The van der Waals surface area contributed by atoms with Gasteiger partial charge in [0.25, 0.3) is 0 Å². The lowest BCUT2D eigenvalue weighted by atomic mass is 9.63. The van der Waals surface area contributed by atoms with Crippen LogP contribution in [0.15, 0.2) is 45.7 Å². The first kappa shape index (κ1) is 13.9. The standard InChI is InChI=1S/C18H23N3O/c1-16(2)17(12-19-22-3)14-10-7-11-15(14)18(16,21-20-17)13-8-5-4-6-9-13/h4-6,8-9,12,14-15H,7,10-11H2,1-3H3/b19-12+. The lowest BCUT2D eigenvalue weighted by molar-refractivity contribution is 0.167. The van der Waals surface area contributed by atoms with Gasteiger partial charge in [0.1, 0.15) is 18.2 Å². The molecule has 4 rings (SSSR count). The molecule has 0 N–H and O–H groups in total. The summed E-state index contributed by atoms with van der Waals surface area (Å²) in [5.41, 5.74) is 0.639. The van der Waals surface area contributed by atoms with Crippen LogP contribution >= 0.6 is 0 Å². The highest BCUT2D eigenvalue weighted by Crippen LogP contribution is 2.73. The van der Waals surface area contributed by atoms with E-state index in [-0.39, 0.29) is 16.5 Å². The molecule has 4 nitrogen and oxygen atoms in total. The van der Waals surface area contributed by atoms with Gasteiger partial charge in [0, 0.05) is 5.41 Å². The lowest BCUT2D eigenvalue weighted by Gasteiger charge is -2.40. The second-order valence-electron chi connectivity index (χ2n) is 7.34. The van der Waals surface area contributed by atoms with Crippen LogP contribution in [0.3, 0.4) is 0 Å². The summed E-state index contributed by atoms with van der Waals surface area (Å²) in [6.07, 6.45) is 5.62. The van der Waals surface area contributed by atoms with Crippen molar-refractivity contribution in [3.8, 4) is 0 Å². The summed E-state index contributed by atoms with van der Waals surface area (Å²) in [6.45, 7) is 4.61. The maximum Gasteiger partial charge on any atom is 0.131 e. The summed E-state index contributed by atoms with van der Waals surface area (Å²) >= 11 is 0. The minimum absolute atomic E-state index is 0.0981. The molecule has 2 fully saturated rings. The molecule has 1 heterocycles. The Bertz CT molecular complexity index is 639. The fourth-order valence-corrected chi connectivity index (χ4v) is 5.52. The van der Waals surface area contributed by atoms with Crippen LogP contribution in [-0.2, 0) is 10.4 Å². The zero-order valence-electron chi connectivity index (χ0n) is 13.5. The third kappa shape index (κ3) is 1.32. The maximum atomic E-state index is 5.00. The number of benzene rings is 1. The molecule has 4 heteroatoms. The highest BCUT2D eigenvalue weighted by Gasteiger charge is 2.77. The molecule has 3 aliphatic rings. The van der Waals surface area contributed by atoms with Crippen LogP contribution < -0.4 is 0 Å². The molecule has 2 saturated carbocycles. The molecule has 4 atom stereocenters. The van der Waals surface area contributed by atoms with E-state index in [0.29, 0.717) is 11.8 Å². The molecule has 1 aromatic carbocycles. The number of azo groups is 1. The second kappa shape index (κ2) is 4.40. The van der Waals surface area contributed by atoms with Gasteiger partial charge >= 0.3 is 0 Å². The van der Waals surface area contributed by atoms with E-state index in [4.69, 9.17) is 15.1 Å². The number of hydrogen-bond acceptors (Lipinski definition) is 4. The summed E-state index contributed by atoms with van der Waals surface area (Å²) < 4.78 is 0. The second-order valence-corrected chi connectivity index (χ2v) is 7.34. The van der Waals surface area contributed by atoms with Crippen molar-refractivity contribution < 1.29 is 4.84 Å². The van der Waals surface area contributed by atoms with Gasteiger partial charge in [-0.05, 0) is 30.2 Å². The van der Waals surface area contributed by atoms with Gasteiger partial charge in [-0.3, -0.25) is 0 Å². The molecule has 0 spiro atoms. The first-order valence-electron chi connectivity index (χ1n) is 8.17. The van der Waals surface area contributed by atoms with Crippen molar-refractivity contribution in [1.29, 1.82) is 0 Å². The number of rotatable bonds is 3. The highest BCUT2D eigenvalue weighted by molar-refractivity contribution is 5.75. The summed E-state index contributed by atoms with van der Waals surface area (Å²) in [6, 6.07) is 10.7. The lowest BCUT2D eigenvalue weighted by Crippen LogP contribution is -2.47. The third-order valence-electron chi connectivity index (χ3n) is 6.51. The van der Waals surface area contributed by atoms with Crippen LogP contribution in [-0.4, -0.2) is 18.9 Å². The van der Waals surface area contributed by atoms with Crippen LogP contribution in [0, 0.1) is 17.3 Å². The molecular weight excluding hydrogens is 274 g/mol. The summed E-state index contributed by atoms with van der Waals surface area (Å²) in [5.74, 6) is 1.06. The first-order valence-corrected chi connectivity index (χ1v) is 8.17. The summed E-state index contributed by atoms with van der Waals surface area (Å²) in [5, 5.41) is 13.8. The van der Waals surface area contributed by atoms with Crippen molar-refractivity contribution in [1.82, 2.24) is 0 Å². The fourth-order valence-electron chi connectivity index (χ4n) is 5.52. The number of oxime groups is 1. The van der Waals surface area contributed by atoms with Crippen molar-refractivity contribution in [3.05, 3.63) is 35.9 Å². The van der Waals surface area contributed by atoms with Crippen molar-refractivity contribution in [3.63, 3.8) is 0 Å². The highest BCUT2D eigenvalue weighted by atomic mass is 16.6. The number of hydrogen-bond donors (Lipinski definition) is 0. The topological polar surface area (TPSA) is 46.3 Å². The molecule has 2 aliphatic carbocycles. The Kier molecular flexibility index (Phi) is 2.78. The molecule has 116 valence electrons. The van der Waals surface area contributed by atoms with E-state index in [2.05, 4.69) is 49.3 Å². The van der Waals surface area contributed by atoms with Crippen LogP contribution in [0.1, 0.15) is 38.7 Å². The predicted octanol–water partition coefficient (Wildman–Crippen LogP) is 4.17. The smallest absolute Gasteiger partial charge is 0.131 e. The molecule has 0 saturated heterocycles. The largest absolute Gasteiger partial charge is 0.399 e. The Morgan fingerprint density at radius 1 is 1.14 bits per heavy atom. The Morgan fingerprint density at radius 3 is 2.59 bits per heavy atom. The van der Waals surface area contributed by atoms with E-state index in [9.17, 15) is 0 Å². The Morgan fingerprint density at radius 2 is 1.86 bits per heavy atom. The van der Waals surface area contributed by atoms with E-state index in [1.807, 2.05) is 6.21 Å². The van der Waals surface area contributed by atoms with E-state index in [0.717, 1.165) is 0 Å². The van der Waals surface area contributed by atoms with E-state index >= 15 is 0 Å². The summed E-state index contributed by atoms with van der Waals surface area (Å²) in [4.78, 5) is 5.00. The first-order chi connectivity index (χ1) is 10.6. The van der Waals surface area contributed by atoms with Gasteiger partial charge in [0.05, 0.1) is 6.21 Å². The molecule has 2 bridgehead atoms. The SMILES string of the molecule is CO/N=C/C12N=NC(c3ccccc3)(C3CCCC31)C2(C)C. The fraction of sp³-hybridized carbons (Fsp3) is 0.611. The number of nitrogens with zero attached hydrogens (tertiary/aromatic N) is 3. The van der Waals surface area contributed by atoms with Crippen LogP contribution in [0.4, 0.5) is 0 Å². The monoisotopic (exact) mass is 297 g/mol. The van der Waals surface area contributed by atoms with Gasteiger partial charge in [-0.25, -0.2) is 0 Å². The molecule has 1 aliphatic heterocycles. The normalized spacial score (nSPS) is 41.2. The molecule has 4 unspecified atom stereocenters. The maximum absolute atomic E-state index is 5.00. The van der Waals surface area contributed by atoms with E-state index < -0.39 is 0 Å². The van der Waals surface area contributed by atoms with E-state index in [1.165, 1.54) is 24.8 Å². The van der Waals surface area contributed by atoms with Gasteiger partial charge < -0.3 is 4.84 Å². The van der Waals surface area contributed by atoms with Gasteiger partial charge in [-0.1, -0.05) is 55.8 Å². The molecule has 0 radical (unpaired) electrons. The van der Waals surface area contributed by atoms with Crippen molar-refractivity contribution in [2.75, 3.05) is 7.11 Å². The summed E-state index contributed by atoms with van der Waals surface area (Å²) in [7, 11) is 1.60. The Balaban J connectivity index is 1.94. The van der Waals surface area contributed by atoms with Crippen LogP contribution in [0.2, 0.25) is 0 Å². The molecule has 0 amide bonds. The molecule has 0 aromatic heterocycles. The van der Waals surface area contributed by atoms with Gasteiger partial charge in [0.2, 0.25) is 0 Å². The quantitative estimate of drug-likeness (QED) is 0.610. The van der Waals surface area contributed by atoms with Crippen LogP contribution in [0.5, 0.6) is 0 Å². The Hall–Kier alpha value is -1.71. The van der Waals surface area contributed by atoms with Gasteiger partial charge in [-0.15, -0.1) is 0 Å². The molecular formula is C18H23N3O. The predicted molar refractivity (Wildman–Crippen MR) is 85.8 cm³/mol. The minimum Gasteiger partial charge on any atom is -0.399 e. The van der Waals surface area contributed by atoms with Crippen molar-refractivity contribution >= 4 is 6.21 Å². The van der Waals surface area contributed by atoms with Gasteiger partial charge in [0.15, 0.2) is 0 Å². The molecule has 22 heavy (non-hydrogen) atoms. The zero-order valence-corrected chi connectivity index (χ0v) is 13.5. The third-order valence-corrected chi connectivity index (χ3v) is 6.51. The van der Waals surface area contributed by atoms with Gasteiger partial charge in [-0.2, -0.15) is 10.2 Å². The van der Waals surface area contributed by atoms with Crippen LogP contribution in [0.25, 0.3) is 0 Å². The van der Waals surface area contributed by atoms with E-state index in [1.54, 1.807) is 7.11 Å². The molecule has 1 aromatic rings. The Labute approximate surface area is 131 Å². The minimum atomic E-state index is -0.333. The zero-order chi connectivity index (χ0) is 15.4. The van der Waals surface area contributed by atoms with Crippen molar-refractivity contribution in [2.24, 2.45) is 32.6 Å². The van der Waals surface area contributed by atoms with Crippen molar-refractivity contribution in [2.45, 2.75) is 44.2 Å². The average molecular weight is 297 g/mol. The number of fused-ring (bicyclic) bond motifs is 5.